The number of aromatic nitrogens is 1. The van der Waals surface area contributed by atoms with Gasteiger partial charge in [0.15, 0.2) is 0 Å². The maximum Gasteiger partial charge on any atom is 0.322 e. The fourth-order valence-electron chi connectivity index (χ4n) is 4.47. The average Bonchev–Trinajstić information content (AvgIpc) is 3.30. The summed E-state index contributed by atoms with van der Waals surface area (Å²) in [6.07, 6.45) is 6.91. The maximum absolute atomic E-state index is 13.3. The van der Waals surface area contributed by atoms with Gasteiger partial charge in [-0.3, -0.25) is 0 Å². The lowest BCUT2D eigenvalue weighted by Gasteiger charge is -2.28. The van der Waals surface area contributed by atoms with Crippen molar-refractivity contribution in [2.45, 2.75) is 52.1 Å². The summed E-state index contributed by atoms with van der Waals surface area (Å²) in [5, 5.41) is 5.01. The third kappa shape index (κ3) is 3.17. The van der Waals surface area contributed by atoms with Gasteiger partial charge in [0.2, 0.25) is 0 Å². The first-order valence-corrected chi connectivity index (χ1v) is 11.4. The zero-order chi connectivity index (χ0) is 20.1. The molecule has 0 bridgehead atoms. The molecule has 1 aromatic carbocycles. The summed E-state index contributed by atoms with van der Waals surface area (Å²) in [5.41, 5.74) is 5.68. The molecule has 3 aromatic rings. The summed E-state index contributed by atoms with van der Waals surface area (Å²) in [5.74, 6) is 0. The van der Waals surface area contributed by atoms with Crippen LogP contribution in [-0.2, 0) is 19.4 Å². The van der Waals surface area contributed by atoms with E-state index in [9.17, 15) is 4.79 Å². The predicted molar refractivity (Wildman–Crippen MR) is 119 cm³/mol. The number of fused-ring (bicyclic) bond motifs is 5. The lowest BCUT2D eigenvalue weighted by molar-refractivity contribution is 0.189. The highest BCUT2D eigenvalue weighted by Gasteiger charge is 2.33. The second-order valence-corrected chi connectivity index (χ2v) is 9.49. The van der Waals surface area contributed by atoms with Crippen molar-refractivity contribution in [2.24, 2.45) is 0 Å². The number of hydrogen-bond acceptors (Lipinski definition) is 2. The number of carbonyl (C=O) groups excluding carboxylic acids is 1. The summed E-state index contributed by atoms with van der Waals surface area (Å²) in [6.45, 7) is 4.70. The highest BCUT2D eigenvalue weighted by atomic mass is 35.5. The molecule has 6 heteroatoms. The number of amides is 2. The van der Waals surface area contributed by atoms with Crippen LogP contribution in [0.2, 0.25) is 5.02 Å². The van der Waals surface area contributed by atoms with Crippen LogP contribution in [0, 0.1) is 6.92 Å². The summed E-state index contributed by atoms with van der Waals surface area (Å²) in [4.78, 5) is 16.8. The molecule has 0 radical (unpaired) electrons. The third-order valence-corrected chi connectivity index (χ3v) is 7.91. The first-order valence-electron chi connectivity index (χ1n) is 10.2. The van der Waals surface area contributed by atoms with Crippen LogP contribution >= 0.6 is 22.9 Å². The minimum Gasteiger partial charge on any atom is -0.312 e. The zero-order valence-electron chi connectivity index (χ0n) is 16.7. The van der Waals surface area contributed by atoms with Crippen molar-refractivity contribution in [1.29, 1.82) is 0 Å². The van der Waals surface area contributed by atoms with E-state index in [2.05, 4.69) is 35.1 Å². The van der Waals surface area contributed by atoms with Crippen LogP contribution in [0.5, 0.6) is 0 Å². The molecule has 2 amide bonds. The van der Waals surface area contributed by atoms with Gasteiger partial charge in [0, 0.05) is 33.0 Å². The van der Waals surface area contributed by atoms with Crippen molar-refractivity contribution < 1.29 is 4.79 Å². The predicted octanol–water partition coefficient (Wildman–Crippen LogP) is 6.49. The van der Waals surface area contributed by atoms with E-state index in [4.69, 9.17) is 11.6 Å². The molecule has 2 aliphatic rings. The molecular formula is C23H24ClN3OS. The van der Waals surface area contributed by atoms with Gasteiger partial charge in [-0.15, -0.1) is 11.3 Å². The summed E-state index contributed by atoms with van der Waals surface area (Å²) in [7, 11) is 0. The number of nitrogens with one attached hydrogen (secondary N) is 1. The van der Waals surface area contributed by atoms with Gasteiger partial charge < -0.3 is 14.8 Å². The van der Waals surface area contributed by atoms with E-state index in [0.717, 1.165) is 29.8 Å². The molecule has 2 aromatic heterocycles. The van der Waals surface area contributed by atoms with Gasteiger partial charge >= 0.3 is 6.03 Å². The Labute approximate surface area is 180 Å². The number of hydrogen-bond donors (Lipinski definition) is 1. The Morgan fingerprint density at radius 1 is 1.21 bits per heavy atom. The van der Waals surface area contributed by atoms with Crippen molar-refractivity contribution in [3.63, 3.8) is 0 Å². The maximum atomic E-state index is 13.3. The Morgan fingerprint density at radius 2 is 2.03 bits per heavy atom. The van der Waals surface area contributed by atoms with Crippen LogP contribution < -0.4 is 5.32 Å². The SMILES string of the molecule is Cc1ccc(NC(=O)N2Cc3c(sc4c3CCCC4)-n3cccc3[C@H]2C)cc1Cl. The van der Waals surface area contributed by atoms with E-state index < -0.39 is 0 Å². The van der Waals surface area contributed by atoms with Crippen LogP contribution in [0.3, 0.4) is 0 Å². The lowest BCUT2D eigenvalue weighted by atomic mass is 9.95. The van der Waals surface area contributed by atoms with Crippen LogP contribution in [-0.4, -0.2) is 15.5 Å². The van der Waals surface area contributed by atoms with Crippen molar-refractivity contribution in [3.8, 4) is 5.00 Å². The quantitative estimate of drug-likeness (QED) is 0.475. The molecule has 1 aliphatic carbocycles. The van der Waals surface area contributed by atoms with Gasteiger partial charge in [-0.05, 0) is 74.9 Å². The molecule has 1 aliphatic heterocycles. The zero-order valence-corrected chi connectivity index (χ0v) is 18.2. The minimum atomic E-state index is -0.0891. The molecule has 5 rings (SSSR count). The molecule has 1 N–H and O–H groups in total. The van der Waals surface area contributed by atoms with Gasteiger partial charge in [0.25, 0.3) is 0 Å². The molecule has 4 nitrogen and oxygen atoms in total. The normalized spacial score (nSPS) is 17.9. The smallest absolute Gasteiger partial charge is 0.312 e. The van der Waals surface area contributed by atoms with Gasteiger partial charge in [-0.25, -0.2) is 4.79 Å². The first-order chi connectivity index (χ1) is 14.0. The third-order valence-electron chi connectivity index (χ3n) is 6.17. The van der Waals surface area contributed by atoms with Gasteiger partial charge in [0.1, 0.15) is 5.00 Å². The molecule has 0 fully saturated rings. The molecule has 0 unspecified atom stereocenters. The summed E-state index contributed by atoms with van der Waals surface area (Å²) >= 11 is 8.16. The molecule has 0 saturated carbocycles. The highest BCUT2D eigenvalue weighted by Crippen LogP contribution is 2.42. The number of nitrogens with zero attached hydrogens (tertiary/aromatic N) is 2. The lowest BCUT2D eigenvalue weighted by Crippen LogP contribution is -2.36. The molecule has 0 spiro atoms. The van der Waals surface area contributed by atoms with Gasteiger partial charge in [-0.1, -0.05) is 17.7 Å². The van der Waals surface area contributed by atoms with Crippen LogP contribution in [0.25, 0.3) is 5.00 Å². The summed E-state index contributed by atoms with van der Waals surface area (Å²) < 4.78 is 2.29. The van der Waals surface area contributed by atoms with E-state index in [-0.39, 0.29) is 12.1 Å². The molecule has 1 atom stereocenters. The van der Waals surface area contributed by atoms with Crippen molar-refractivity contribution >= 4 is 34.7 Å². The second-order valence-electron chi connectivity index (χ2n) is 8.00. The Balaban J connectivity index is 1.53. The van der Waals surface area contributed by atoms with Crippen molar-refractivity contribution in [2.75, 3.05) is 5.32 Å². The van der Waals surface area contributed by atoms with Crippen molar-refractivity contribution in [1.82, 2.24) is 9.47 Å². The Morgan fingerprint density at radius 3 is 2.86 bits per heavy atom. The van der Waals surface area contributed by atoms with E-state index in [1.54, 1.807) is 0 Å². The number of urea groups is 1. The number of aryl methyl sites for hydroxylation is 2. The monoisotopic (exact) mass is 425 g/mol. The topological polar surface area (TPSA) is 37.3 Å². The molecular weight excluding hydrogens is 402 g/mol. The second kappa shape index (κ2) is 7.22. The fraction of sp³-hybridized carbons (Fsp3) is 0.348. The van der Waals surface area contributed by atoms with E-state index >= 15 is 0 Å². The van der Waals surface area contributed by atoms with Crippen LogP contribution in [0.1, 0.15) is 53.1 Å². The standard InChI is InChI=1S/C23H24ClN3OS/c1-14-9-10-16(12-19(14)24)25-23(28)27-13-18-17-6-3-4-8-21(17)29-22(18)26-11-5-7-20(26)15(27)2/h5,7,9-12,15H,3-4,6,8,13H2,1-2H3,(H,25,28)/t15-/m1/s1. The molecule has 29 heavy (non-hydrogen) atoms. The Bertz CT molecular complexity index is 1100. The van der Waals surface area contributed by atoms with E-state index in [1.807, 2.05) is 41.4 Å². The minimum absolute atomic E-state index is 0.0234. The number of anilines is 1. The number of carbonyl (C=O) groups is 1. The van der Waals surface area contributed by atoms with Gasteiger partial charge in [0.05, 0.1) is 12.6 Å². The molecule has 3 heterocycles. The highest BCUT2D eigenvalue weighted by molar-refractivity contribution is 7.15. The van der Waals surface area contributed by atoms with Crippen LogP contribution in [0.4, 0.5) is 10.5 Å². The number of benzene rings is 1. The number of thiophene rings is 1. The fourth-order valence-corrected chi connectivity index (χ4v) is 6.06. The van der Waals surface area contributed by atoms with Crippen LogP contribution in [0.15, 0.2) is 36.5 Å². The largest absolute Gasteiger partial charge is 0.322 e. The van der Waals surface area contributed by atoms with E-state index in [1.165, 1.54) is 33.8 Å². The molecule has 150 valence electrons. The van der Waals surface area contributed by atoms with Gasteiger partial charge in [-0.2, -0.15) is 0 Å². The van der Waals surface area contributed by atoms with E-state index in [0.29, 0.717) is 11.6 Å². The summed E-state index contributed by atoms with van der Waals surface area (Å²) in [6, 6.07) is 9.75. The van der Waals surface area contributed by atoms with Crippen molar-refractivity contribution in [3.05, 3.63) is 68.8 Å². The Hall–Kier alpha value is -2.24. The Kier molecular flexibility index (Phi) is 4.67. The number of rotatable bonds is 1. The molecule has 0 saturated heterocycles. The first kappa shape index (κ1) is 18.8. The average molecular weight is 426 g/mol. The number of halogens is 1.